The number of halogens is 3. The number of nitrogens with zero attached hydrogens (tertiary/aromatic N) is 1. The Labute approximate surface area is 109 Å². The molecule has 0 aliphatic carbocycles. The Morgan fingerprint density at radius 2 is 2.06 bits per heavy atom. The second kappa shape index (κ2) is 5.48. The van der Waals surface area contributed by atoms with E-state index in [0.717, 1.165) is 38.0 Å². The lowest BCUT2D eigenvalue weighted by molar-refractivity contribution is 0.226. The van der Waals surface area contributed by atoms with Crippen LogP contribution in [0.5, 0.6) is 0 Å². The average Bonchev–Trinajstić information content (AvgIpc) is 2.28. The minimum absolute atomic E-state index is 0.267. The van der Waals surface area contributed by atoms with Crippen LogP contribution in [-0.2, 0) is 6.54 Å². The smallest absolute Gasteiger partial charge is 0.142 e. The van der Waals surface area contributed by atoms with Crippen LogP contribution in [0.15, 0.2) is 18.2 Å². The molecule has 16 heavy (non-hydrogen) atoms. The second-order valence-electron chi connectivity index (χ2n) is 4.16. The van der Waals surface area contributed by atoms with Crippen LogP contribution < -0.4 is 0 Å². The minimum atomic E-state index is -0.324. The van der Waals surface area contributed by atoms with Gasteiger partial charge in [-0.2, -0.15) is 0 Å². The Balaban J connectivity index is 2.01. The molecule has 4 heteroatoms. The molecule has 1 aromatic rings. The number of rotatable bonds is 2. The van der Waals surface area contributed by atoms with Gasteiger partial charge in [-0.15, -0.1) is 0 Å². The Morgan fingerprint density at radius 1 is 1.38 bits per heavy atom. The van der Waals surface area contributed by atoms with Crippen molar-refractivity contribution in [3.63, 3.8) is 0 Å². The Kier molecular flexibility index (Phi) is 4.22. The molecule has 1 nitrogen and oxygen atoms in total. The van der Waals surface area contributed by atoms with Crippen LogP contribution in [0.4, 0.5) is 4.39 Å². The van der Waals surface area contributed by atoms with E-state index in [1.54, 1.807) is 6.07 Å². The first-order chi connectivity index (χ1) is 7.66. The molecule has 2 rings (SSSR count). The summed E-state index contributed by atoms with van der Waals surface area (Å²) in [5.41, 5.74) is 0.884. The summed E-state index contributed by atoms with van der Waals surface area (Å²) in [6, 6.07) is 5.01. The number of alkyl halides is 1. The Hall–Kier alpha value is -0.120. The zero-order valence-corrected chi connectivity index (χ0v) is 11.3. The van der Waals surface area contributed by atoms with E-state index < -0.39 is 0 Å². The molecular weight excluding hydrogens is 292 g/mol. The van der Waals surface area contributed by atoms with Crippen molar-refractivity contribution >= 4 is 27.5 Å². The zero-order valence-electron chi connectivity index (χ0n) is 8.93. The van der Waals surface area contributed by atoms with E-state index in [4.69, 9.17) is 11.6 Å². The standard InChI is InChI=1S/C12H14BrClFN/c13-10-4-6-16(7-5-10)8-9-2-1-3-11(15)12(9)14/h1-3,10H,4-8H2. The van der Waals surface area contributed by atoms with Gasteiger partial charge in [-0.05, 0) is 37.6 Å². The lowest BCUT2D eigenvalue weighted by atomic mass is 10.1. The van der Waals surface area contributed by atoms with Gasteiger partial charge in [0.1, 0.15) is 5.82 Å². The molecular formula is C12H14BrClFN. The molecule has 0 spiro atoms. The summed E-state index contributed by atoms with van der Waals surface area (Å²) in [4.78, 5) is 2.95. The number of hydrogen-bond donors (Lipinski definition) is 0. The molecule has 1 aliphatic rings. The zero-order chi connectivity index (χ0) is 11.5. The highest BCUT2D eigenvalue weighted by Gasteiger charge is 2.18. The largest absolute Gasteiger partial charge is 0.299 e. The van der Waals surface area contributed by atoms with E-state index >= 15 is 0 Å². The van der Waals surface area contributed by atoms with Crippen LogP contribution in [0.3, 0.4) is 0 Å². The molecule has 1 fully saturated rings. The van der Waals surface area contributed by atoms with Crippen LogP contribution in [-0.4, -0.2) is 22.8 Å². The third-order valence-electron chi connectivity index (χ3n) is 2.94. The lowest BCUT2D eigenvalue weighted by Gasteiger charge is -2.29. The van der Waals surface area contributed by atoms with Crippen molar-refractivity contribution in [1.82, 2.24) is 4.90 Å². The fourth-order valence-corrected chi connectivity index (χ4v) is 2.57. The highest BCUT2D eigenvalue weighted by Crippen LogP contribution is 2.24. The first-order valence-electron chi connectivity index (χ1n) is 5.46. The van der Waals surface area contributed by atoms with Crippen LogP contribution in [0, 0.1) is 5.82 Å². The maximum absolute atomic E-state index is 13.2. The molecule has 0 N–H and O–H groups in total. The van der Waals surface area contributed by atoms with E-state index in [-0.39, 0.29) is 10.8 Å². The summed E-state index contributed by atoms with van der Waals surface area (Å²) in [6.07, 6.45) is 2.29. The summed E-state index contributed by atoms with van der Waals surface area (Å²) < 4.78 is 13.2. The predicted molar refractivity (Wildman–Crippen MR) is 68.6 cm³/mol. The predicted octanol–water partition coefficient (Wildman–Crippen LogP) is 3.84. The third-order valence-corrected chi connectivity index (χ3v) is 4.28. The van der Waals surface area contributed by atoms with Gasteiger partial charge in [0.2, 0.25) is 0 Å². The van der Waals surface area contributed by atoms with Gasteiger partial charge in [0.05, 0.1) is 5.02 Å². The van der Waals surface area contributed by atoms with Crippen LogP contribution >= 0.6 is 27.5 Å². The van der Waals surface area contributed by atoms with Crippen LogP contribution in [0.1, 0.15) is 18.4 Å². The van der Waals surface area contributed by atoms with Gasteiger partial charge in [0.15, 0.2) is 0 Å². The maximum atomic E-state index is 13.2. The molecule has 1 aromatic carbocycles. The van der Waals surface area contributed by atoms with Crippen LogP contribution in [0.25, 0.3) is 0 Å². The first kappa shape index (κ1) is 12.3. The molecule has 0 aromatic heterocycles. The number of piperidine rings is 1. The van der Waals surface area contributed by atoms with E-state index in [2.05, 4.69) is 20.8 Å². The highest BCUT2D eigenvalue weighted by molar-refractivity contribution is 9.09. The quantitative estimate of drug-likeness (QED) is 0.751. The SMILES string of the molecule is Fc1cccc(CN2CCC(Br)CC2)c1Cl. The lowest BCUT2D eigenvalue weighted by Crippen LogP contribution is -2.33. The van der Waals surface area contributed by atoms with Gasteiger partial charge in [-0.1, -0.05) is 39.7 Å². The fourth-order valence-electron chi connectivity index (χ4n) is 1.97. The molecule has 1 saturated heterocycles. The van der Waals surface area contributed by atoms with Gasteiger partial charge >= 0.3 is 0 Å². The van der Waals surface area contributed by atoms with Crippen molar-refractivity contribution in [1.29, 1.82) is 0 Å². The molecule has 0 atom stereocenters. The maximum Gasteiger partial charge on any atom is 0.142 e. The van der Waals surface area contributed by atoms with Crippen molar-refractivity contribution in [2.24, 2.45) is 0 Å². The fraction of sp³-hybridized carbons (Fsp3) is 0.500. The summed E-state index contributed by atoms with van der Waals surface area (Å²) in [5.74, 6) is -0.324. The van der Waals surface area contributed by atoms with Crippen molar-refractivity contribution in [3.8, 4) is 0 Å². The minimum Gasteiger partial charge on any atom is -0.299 e. The number of hydrogen-bond acceptors (Lipinski definition) is 1. The Morgan fingerprint density at radius 3 is 2.75 bits per heavy atom. The first-order valence-corrected chi connectivity index (χ1v) is 6.75. The molecule has 1 aliphatic heterocycles. The number of benzene rings is 1. The molecule has 0 amide bonds. The van der Waals surface area contributed by atoms with Gasteiger partial charge in [0, 0.05) is 11.4 Å². The van der Waals surface area contributed by atoms with E-state index in [0.29, 0.717) is 4.83 Å². The van der Waals surface area contributed by atoms with Gasteiger partial charge in [0.25, 0.3) is 0 Å². The third kappa shape index (κ3) is 2.96. The monoisotopic (exact) mass is 305 g/mol. The van der Waals surface area contributed by atoms with Crippen molar-refractivity contribution in [2.75, 3.05) is 13.1 Å². The topological polar surface area (TPSA) is 3.24 Å². The molecule has 0 unspecified atom stereocenters. The van der Waals surface area contributed by atoms with E-state index in [1.807, 2.05) is 6.07 Å². The van der Waals surface area contributed by atoms with Crippen molar-refractivity contribution < 1.29 is 4.39 Å². The van der Waals surface area contributed by atoms with Crippen LogP contribution in [0.2, 0.25) is 5.02 Å². The van der Waals surface area contributed by atoms with Gasteiger partial charge < -0.3 is 0 Å². The summed E-state index contributed by atoms with van der Waals surface area (Å²) >= 11 is 9.54. The molecule has 0 saturated carbocycles. The van der Waals surface area contributed by atoms with Gasteiger partial charge in [-0.3, -0.25) is 4.90 Å². The summed E-state index contributed by atoms with van der Waals surface area (Å²) in [6.45, 7) is 2.84. The van der Waals surface area contributed by atoms with Gasteiger partial charge in [-0.25, -0.2) is 4.39 Å². The summed E-state index contributed by atoms with van der Waals surface area (Å²) in [7, 11) is 0. The second-order valence-corrected chi connectivity index (χ2v) is 5.84. The highest BCUT2D eigenvalue weighted by atomic mass is 79.9. The summed E-state index contributed by atoms with van der Waals surface area (Å²) in [5, 5.41) is 0.267. The molecule has 0 bridgehead atoms. The normalized spacial score (nSPS) is 18.9. The molecule has 1 heterocycles. The van der Waals surface area contributed by atoms with E-state index in [9.17, 15) is 4.39 Å². The molecule has 0 radical (unpaired) electrons. The number of likely N-dealkylation sites (tertiary alicyclic amines) is 1. The van der Waals surface area contributed by atoms with E-state index in [1.165, 1.54) is 6.07 Å². The molecule has 88 valence electrons. The van der Waals surface area contributed by atoms with Crippen molar-refractivity contribution in [3.05, 3.63) is 34.6 Å². The average molecular weight is 307 g/mol. The van der Waals surface area contributed by atoms with Crippen molar-refractivity contribution in [2.45, 2.75) is 24.2 Å². The Bertz CT molecular complexity index is 364.